The standard InChI is InChI=1S/C24H28GeO6/c1-17(23(28)30-3)15-25(16-18(2)24(29)31-4,21(26)19-11-7-5-8-12-19)22(27)20-13-9-6-10-14-20/h5-14,17-18H,15-16H2,1-4H3. The first-order valence-electron chi connectivity index (χ1n) is 10.1. The number of hydrogen-bond donors (Lipinski definition) is 0. The number of carbonyl (C=O) groups excluding carboxylic acids is 4. The van der Waals surface area contributed by atoms with Crippen LogP contribution in [0.25, 0.3) is 0 Å². The van der Waals surface area contributed by atoms with Crippen LogP contribution in [0.15, 0.2) is 60.7 Å². The van der Waals surface area contributed by atoms with E-state index in [1.807, 2.05) is 0 Å². The van der Waals surface area contributed by atoms with E-state index in [1.54, 1.807) is 74.5 Å². The summed E-state index contributed by atoms with van der Waals surface area (Å²) < 4.78 is 9.26. The van der Waals surface area contributed by atoms with Gasteiger partial charge in [-0.05, 0) is 0 Å². The van der Waals surface area contributed by atoms with E-state index in [-0.39, 0.29) is 19.7 Å². The van der Waals surface area contributed by atoms with Gasteiger partial charge in [0.25, 0.3) is 0 Å². The minimum absolute atomic E-state index is 0.0927. The summed E-state index contributed by atoms with van der Waals surface area (Å²) in [6, 6.07) is 17.2. The Balaban J connectivity index is 2.68. The molecule has 2 unspecified atom stereocenters. The SMILES string of the molecule is COC(=O)C(C)[CH2][Ge]([CH2]C(C)C(=O)OC)([C](=O)c1ccccc1)[C](=O)c1ccccc1. The van der Waals surface area contributed by atoms with Gasteiger partial charge in [-0.3, -0.25) is 0 Å². The van der Waals surface area contributed by atoms with Gasteiger partial charge in [0.2, 0.25) is 0 Å². The normalized spacial score (nSPS) is 13.0. The van der Waals surface area contributed by atoms with Crippen LogP contribution in [-0.4, -0.2) is 48.7 Å². The van der Waals surface area contributed by atoms with Crippen molar-refractivity contribution >= 4 is 34.4 Å². The van der Waals surface area contributed by atoms with Gasteiger partial charge < -0.3 is 0 Å². The molecule has 0 bridgehead atoms. The summed E-state index contributed by atoms with van der Waals surface area (Å²) in [4.78, 5) is 52.4. The number of hydrogen-bond acceptors (Lipinski definition) is 6. The molecular weight excluding hydrogens is 457 g/mol. The molecule has 0 heterocycles. The molecule has 0 N–H and O–H groups in total. The van der Waals surface area contributed by atoms with Crippen molar-refractivity contribution in [1.82, 2.24) is 0 Å². The number of carbonyl (C=O) groups is 4. The quantitative estimate of drug-likeness (QED) is 0.375. The Morgan fingerprint density at radius 2 is 1.00 bits per heavy atom. The van der Waals surface area contributed by atoms with Gasteiger partial charge in [0.15, 0.2) is 0 Å². The number of esters is 2. The molecule has 0 fully saturated rings. The molecule has 2 atom stereocenters. The van der Waals surface area contributed by atoms with Crippen molar-refractivity contribution in [2.24, 2.45) is 11.8 Å². The van der Waals surface area contributed by atoms with Crippen LogP contribution in [0.1, 0.15) is 34.6 Å². The number of benzene rings is 2. The van der Waals surface area contributed by atoms with Crippen LogP contribution in [0.4, 0.5) is 0 Å². The van der Waals surface area contributed by atoms with Crippen molar-refractivity contribution in [3.05, 3.63) is 71.8 Å². The zero-order valence-corrected chi connectivity index (χ0v) is 20.4. The second kappa shape index (κ2) is 11.0. The molecule has 0 aliphatic rings. The van der Waals surface area contributed by atoms with E-state index in [4.69, 9.17) is 9.47 Å². The Morgan fingerprint density at radius 1 is 0.677 bits per heavy atom. The van der Waals surface area contributed by atoms with Crippen molar-refractivity contribution < 1.29 is 28.7 Å². The summed E-state index contributed by atoms with van der Waals surface area (Å²) in [5, 5.41) is 0.185. The molecule has 0 aliphatic carbocycles. The number of rotatable bonds is 10. The second-order valence-electron chi connectivity index (χ2n) is 7.73. The number of methoxy groups -OCH3 is 2. The summed E-state index contributed by atoms with van der Waals surface area (Å²) in [7, 11) is 2.56. The fourth-order valence-corrected chi connectivity index (χ4v) is 14.3. The van der Waals surface area contributed by atoms with E-state index in [0.717, 1.165) is 0 Å². The molecule has 2 rings (SSSR count). The van der Waals surface area contributed by atoms with Crippen LogP contribution in [0.3, 0.4) is 0 Å². The molecule has 2 aromatic carbocycles. The maximum atomic E-state index is 13.9. The van der Waals surface area contributed by atoms with E-state index in [2.05, 4.69) is 0 Å². The van der Waals surface area contributed by atoms with Gasteiger partial charge in [-0.2, -0.15) is 0 Å². The second-order valence-corrected chi connectivity index (χ2v) is 15.9. The molecule has 0 saturated carbocycles. The predicted octanol–water partition coefficient (Wildman–Crippen LogP) is 3.90. The summed E-state index contributed by atoms with van der Waals surface area (Å²) in [5.41, 5.74) is 0.835. The predicted molar refractivity (Wildman–Crippen MR) is 119 cm³/mol. The van der Waals surface area contributed by atoms with Crippen molar-refractivity contribution in [1.29, 1.82) is 0 Å². The van der Waals surface area contributed by atoms with Gasteiger partial charge in [0, 0.05) is 0 Å². The molecule has 0 aliphatic heterocycles. The molecule has 0 saturated heterocycles. The molecule has 0 aromatic heterocycles. The summed E-state index contributed by atoms with van der Waals surface area (Å²) in [5.74, 6) is -2.28. The maximum absolute atomic E-state index is 13.9. The summed E-state index contributed by atoms with van der Waals surface area (Å²) in [6.45, 7) is 3.32. The van der Waals surface area contributed by atoms with Crippen LogP contribution in [-0.2, 0) is 19.1 Å². The molecule has 31 heavy (non-hydrogen) atoms. The third-order valence-electron chi connectivity index (χ3n) is 5.46. The van der Waals surface area contributed by atoms with Gasteiger partial charge in [-0.1, -0.05) is 0 Å². The van der Waals surface area contributed by atoms with Crippen LogP contribution in [0.2, 0.25) is 10.5 Å². The Morgan fingerprint density at radius 3 is 1.29 bits per heavy atom. The van der Waals surface area contributed by atoms with Gasteiger partial charge in [-0.25, -0.2) is 0 Å². The monoisotopic (exact) mass is 486 g/mol. The van der Waals surface area contributed by atoms with Crippen molar-refractivity contribution in [2.45, 2.75) is 24.4 Å². The summed E-state index contributed by atoms with van der Waals surface area (Å²) >= 11 is -4.35. The van der Waals surface area contributed by atoms with Gasteiger partial charge in [-0.15, -0.1) is 0 Å². The molecule has 164 valence electrons. The van der Waals surface area contributed by atoms with Crippen molar-refractivity contribution in [3.63, 3.8) is 0 Å². The van der Waals surface area contributed by atoms with E-state index in [1.165, 1.54) is 14.2 Å². The third-order valence-corrected chi connectivity index (χ3v) is 15.8. The molecule has 2 aromatic rings. The molecule has 7 heteroatoms. The van der Waals surface area contributed by atoms with Crippen LogP contribution in [0.5, 0.6) is 0 Å². The Kier molecular flexibility index (Phi) is 8.74. The van der Waals surface area contributed by atoms with E-state index < -0.39 is 37.0 Å². The van der Waals surface area contributed by atoms with Crippen molar-refractivity contribution in [3.8, 4) is 0 Å². The molecule has 0 amide bonds. The van der Waals surface area contributed by atoms with Crippen LogP contribution >= 0.6 is 0 Å². The van der Waals surface area contributed by atoms with Crippen molar-refractivity contribution in [2.75, 3.05) is 14.2 Å². The topological polar surface area (TPSA) is 86.7 Å². The first-order chi connectivity index (χ1) is 14.8. The fourth-order valence-electron chi connectivity index (χ4n) is 3.90. The van der Waals surface area contributed by atoms with Gasteiger partial charge >= 0.3 is 185 Å². The fraction of sp³-hybridized carbons (Fsp3) is 0.333. The molecule has 6 nitrogen and oxygen atoms in total. The Hall–Kier alpha value is -2.74. The Bertz CT molecular complexity index is 848. The van der Waals surface area contributed by atoms with Crippen LogP contribution in [0, 0.1) is 11.8 Å². The Labute approximate surface area is 185 Å². The summed E-state index contributed by atoms with van der Waals surface area (Å²) in [6.07, 6.45) is 0. The average Bonchev–Trinajstić information content (AvgIpc) is 2.82. The van der Waals surface area contributed by atoms with Gasteiger partial charge in [0.05, 0.1) is 0 Å². The number of ether oxygens (including phenoxy) is 2. The molecule has 0 radical (unpaired) electrons. The third kappa shape index (κ3) is 5.70. The average molecular weight is 485 g/mol. The van der Waals surface area contributed by atoms with E-state index in [9.17, 15) is 19.2 Å². The van der Waals surface area contributed by atoms with E-state index >= 15 is 0 Å². The van der Waals surface area contributed by atoms with Crippen LogP contribution < -0.4 is 0 Å². The molecule has 0 spiro atoms. The minimum atomic E-state index is -4.35. The van der Waals surface area contributed by atoms with Gasteiger partial charge in [0.1, 0.15) is 0 Å². The first-order valence-corrected chi connectivity index (χ1v) is 15.2. The first kappa shape index (κ1) is 24.5. The zero-order valence-electron chi connectivity index (χ0n) is 18.3. The van der Waals surface area contributed by atoms with E-state index in [0.29, 0.717) is 11.1 Å². The zero-order chi connectivity index (χ0) is 23.0. The molecular formula is C24H28GeO6.